The Morgan fingerprint density at radius 1 is 1.35 bits per heavy atom. The number of aromatic nitrogens is 2. The molecule has 0 aliphatic heterocycles. The van der Waals surface area contributed by atoms with Crippen molar-refractivity contribution in [3.8, 4) is 11.3 Å². The molecule has 2 rings (SSSR count). The Morgan fingerprint density at radius 3 is 2.80 bits per heavy atom. The first-order chi connectivity index (χ1) is 9.59. The number of benzene rings is 1. The fourth-order valence-corrected chi connectivity index (χ4v) is 1.95. The van der Waals surface area contributed by atoms with Gasteiger partial charge < -0.3 is 11.1 Å². The maximum atomic E-state index is 12.0. The zero-order valence-corrected chi connectivity index (χ0v) is 11.3. The van der Waals surface area contributed by atoms with Gasteiger partial charge in [0.2, 0.25) is 5.91 Å². The van der Waals surface area contributed by atoms with Crippen molar-refractivity contribution < 1.29 is 9.59 Å². The lowest BCUT2D eigenvalue weighted by molar-refractivity contribution is -0.117. The second-order valence-electron chi connectivity index (χ2n) is 4.11. The van der Waals surface area contributed by atoms with E-state index in [1.807, 2.05) is 6.07 Å². The van der Waals surface area contributed by atoms with Crippen LogP contribution in [0.1, 0.15) is 16.8 Å². The van der Waals surface area contributed by atoms with Crippen molar-refractivity contribution in [2.75, 3.05) is 6.54 Å². The number of primary amides is 1. The molecule has 0 aliphatic carbocycles. The molecule has 0 spiro atoms. The Bertz CT molecular complexity index is 639. The highest BCUT2D eigenvalue weighted by Gasteiger charge is 2.16. The number of carbonyl (C=O) groups excluding carboxylic acids is 2. The van der Waals surface area contributed by atoms with Crippen molar-refractivity contribution in [3.05, 3.63) is 41.0 Å². The van der Waals surface area contributed by atoms with Gasteiger partial charge in [0.1, 0.15) is 0 Å². The first-order valence-electron chi connectivity index (χ1n) is 5.94. The summed E-state index contributed by atoms with van der Waals surface area (Å²) in [7, 11) is 0. The van der Waals surface area contributed by atoms with E-state index in [4.69, 9.17) is 17.3 Å². The molecule has 1 heterocycles. The number of nitrogens with zero attached hydrogens (tertiary/aromatic N) is 1. The Morgan fingerprint density at radius 2 is 2.10 bits per heavy atom. The van der Waals surface area contributed by atoms with Gasteiger partial charge in [0.05, 0.1) is 17.5 Å². The van der Waals surface area contributed by atoms with Crippen LogP contribution in [-0.2, 0) is 4.79 Å². The average Bonchev–Trinajstić information content (AvgIpc) is 2.87. The molecule has 0 aliphatic rings. The molecule has 0 saturated carbocycles. The third-order valence-corrected chi connectivity index (χ3v) is 3.01. The predicted octanol–water partition coefficient (Wildman–Crippen LogP) is 1.34. The maximum Gasteiger partial charge on any atom is 0.255 e. The van der Waals surface area contributed by atoms with Crippen LogP contribution < -0.4 is 11.1 Å². The van der Waals surface area contributed by atoms with Crippen molar-refractivity contribution in [3.63, 3.8) is 0 Å². The van der Waals surface area contributed by atoms with Gasteiger partial charge >= 0.3 is 0 Å². The highest BCUT2D eigenvalue weighted by molar-refractivity contribution is 6.33. The van der Waals surface area contributed by atoms with E-state index in [1.165, 1.54) is 6.20 Å². The van der Waals surface area contributed by atoms with Gasteiger partial charge in [-0.05, 0) is 6.07 Å². The van der Waals surface area contributed by atoms with E-state index in [-0.39, 0.29) is 18.9 Å². The number of nitrogens with two attached hydrogens (primary N) is 1. The zero-order valence-electron chi connectivity index (χ0n) is 10.5. The Hall–Kier alpha value is -2.34. The molecule has 1 aromatic heterocycles. The first kappa shape index (κ1) is 14.1. The Balaban J connectivity index is 2.19. The van der Waals surface area contributed by atoms with E-state index in [9.17, 15) is 9.59 Å². The van der Waals surface area contributed by atoms with Crippen LogP contribution in [0.2, 0.25) is 5.02 Å². The normalized spacial score (nSPS) is 10.2. The van der Waals surface area contributed by atoms with Gasteiger partial charge in [-0.3, -0.25) is 14.7 Å². The fourth-order valence-electron chi connectivity index (χ4n) is 1.72. The maximum absolute atomic E-state index is 12.0. The third-order valence-electron chi connectivity index (χ3n) is 2.68. The summed E-state index contributed by atoms with van der Waals surface area (Å²) in [6, 6.07) is 7.13. The van der Waals surface area contributed by atoms with Crippen molar-refractivity contribution in [2.24, 2.45) is 5.73 Å². The van der Waals surface area contributed by atoms with Crippen molar-refractivity contribution in [1.82, 2.24) is 15.5 Å². The van der Waals surface area contributed by atoms with Crippen LogP contribution in [0.4, 0.5) is 0 Å². The lowest BCUT2D eigenvalue weighted by Gasteiger charge is -2.06. The SMILES string of the molecule is NC(=O)CCNC(=O)c1cn[nH]c1-c1ccccc1Cl. The summed E-state index contributed by atoms with van der Waals surface area (Å²) in [6.07, 6.45) is 1.50. The molecule has 4 N–H and O–H groups in total. The van der Waals surface area contributed by atoms with Crippen LogP contribution in [0.15, 0.2) is 30.5 Å². The van der Waals surface area contributed by atoms with Crippen molar-refractivity contribution >= 4 is 23.4 Å². The van der Waals surface area contributed by atoms with Gasteiger partial charge in [0.15, 0.2) is 0 Å². The minimum atomic E-state index is -0.469. The van der Waals surface area contributed by atoms with Crippen LogP contribution in [0.3, 0.4) is 0 Å². The van der Waals surface area contributed by atoms with E-state index in [1.54, 1.807) is 18.2 Å². The number of amides is 2. The van der Waals surface area contributed by atoms with E-state index in [2.05, 4.69) is 15.5 Å². The van der Waals surface area contributed by atoms with Gasteiger partial charge in [0.25, 0.3) is 5.91 Å². The van der Waals surface area contributed by atoms with E-state index in [0.717, 1.165) is 0 Å². The lowest BCUT2D eigenvalue weighted by Crippen LogP contribution is -2.27. The largest absolute Gasteiger partial charge is 0.370 e. The minimum Gasteiger partial charge on any atom is -0.370 e. The molecule has 20 heavy (non-hydrogen) atoms. The molecule has 6 nitrogen and oxygen atoms in total. The molecule has 0 unspecified atom stereocenters. The van der Waals surface area contributed by atoms with Gasteiger partial charge in [-0.1, -0.05) is 29.8 Å². The average molecular weight is 293 g/mol. The van der Waals surface area contributed by atoms with Crippen LogP contribution >= 0.6 is 11.6 Å². The van der Waals surface area contributed by atoms with Gasteiger partial charge in [-0.25, -0.2) is 0 Å². The van der Waals surface area contributed by atoms with Crippen LogP contribution in [0.5, 0.6) is 0 Å². The van der Waals surface area contributed by atoms with E-state index < -0.39 is 5.91 Å². The molecular weight excluding hydrogens is 280 g/mol. The number of carbonyl (C=O) groups is 2. The van der Waals surface area contributed by atoms with E-state index in [0.29, 0.717) is 21.8 Å². The molecule has 0 atom stereocenters. The molecule has 2 amide bonds. The monoisotopic (exact) mass is 292 g/mol. The van der Waals surface area contributed by atoms with Crippen LogP contribution in [0.25, 0.3) is 11.3 Å². The first-order valence-corrected chi connectivity index (χ1v) is 6.32. The summed E-state index contributed by atoms with van der Waals surface area (Å²) < 4.78 is 0. The van der Waals surface area contributed by atoms with E-state index >= 15 is 0 Å². The summed E-state index contributed by atoms with van der Waals surface area (Å²) in [6.45, 7) is 0.182. The predicted molar refractivity (Wildman–Crippen MR) is 75.2 cm³/mol. The molecule has 7 heteroatoms. The highest BCUT2D eigenvalue weighted by atomic mass is 35.5. The summed E-state index contributed by atoms with van der Waals surface area (Å²) in [5, 5.41) is 9.74. The number of hydrogen-bond acceptors (Lipinski definition) is 3. The zero-order chi connectivity index (χ0) is 14.5. The third kappa shape index (κ3) is 3.16. The number of halogens is 1. The van der Waals surface area contributed by atoms with Gasteiger partial charge in [-0.15, -0.1) is 0 Å². The van der Waals surface area contributed by atoms with Gasteiger partial charge in [-0.2, -0.15) is 5.10 Å². The number of H-pyrrole nitrogens is 1. The number of hydrogen-bond donors (Lipinski definition) is 3. The second-order valence-corrected chi connectivity index (χ2v) is 4.52. The number of rotatable bonds is 5. The highest BCUT2D eigenvalue weighted by Crippen LogP contribution is 2.28. The standard InChI is InChI=1S/C13H13ClN4O2/c14-10-4-2-1-3-8(10)12-9(7-17-18-12)13(20)16-6-5-11(15)19/h1-4,7H,5-6H2,(H2,15,19)(H,16,20)(H,17,18). The quantitative estimate of drug-likeness (QED) is 0.775. The summed E-state index contributed by atoms with van der Waals surface area (Å²) in [5.74, 6) is -0.807. The van der Waals surface area contributed by atoms with Crippen LogP contribution in [0, 0.1) is 0 Å². The molecule has 1 aromatic carbocycles. The Kier molecular flexibility index (Phi) is 4.37. The second kappa shape index (κ2) is 6.21. The molecular formula is C13H13ClN4O2. The number of aromatic amines is 1. The smallest absolute Gasteiger partial charge is 0.255 e. The van der Waals surface area contributed by atoms with Crippen LogP contribution in [-0.4, -0.2) is 28.6 Å². The molecule has 0 bridgehead atoms. The molecule has 0 fully saturated rings. The van der Waals surface area contributed by atoms with Crippen molar-refractivity contribution in [1.29, 1.82) is 0 Å². The molecule has 104 valence electrons. The molecule has 0 radical (unpaired) electrons. The number of nitrogens with one attached hydrogen (secondary N) is 2. The Labute approximate surface area is 120 Å². The topological polar surface area (TPSA) is 101 Å². The summed E-state index contributed by atoms with van der Waals surface area (Å²) in [5.41, 5.74) is 6.60. The summed E-state index contributed by atoms with van der Waals surface area (Å²) >= 11 is 6.10. The molecule has 0 saturated heterocycles. The molecule has 2 aromatic rings. The van der Waals surface area contributed by atoms with Gasteiger partial charge in [0, 0.05) is 23.6 Å². The summed E-state index contributed by atoms with van der Waals surface area (Å²) in [4.78, 5) is 22.7. The fraction of sp³-hybridized carbons (Fsp3) is 0.154. The lowest BCUT2D eigenvalue weighted by atomic mass is 10.1. The minimum absolute atomic E-state index is 0.0883. The van der Waals surface area contributed by atoms with Crippen molar-refractivity contribution in [2.45, 2.75) is 6.42 Å².